The van der Waals surface area contributed by atoms with Crippen LogP contribution in [-0.4, -0.2) is 24.7 Å². The van der Waals surface area contributed by atoms with E-state index in [1.807, 2.05) is 0 Å². The minimum Gasteiger partial charge on any atom is -0.380 e. The second-order valence-corrected chi connectivity index (χ2v) is 4.91. The van der Waals surface area contributed by atoms with Crippen molar-refractivity contribution in [3.63, 3.8) is 0 Å². The van der Waals surface area contributed by atoms with E-state index in [-0.39, 0.29) is 0 Å². The summed E-state index contributed by atoms with van der Waals surface area (Å²) >= 11 is 1.78. The second-order valence-electron chi connectivity index (χ2n) is 3.97. The van der Waals surface area contributed by atoms with Crippen molar-refractivity contribution in [1.82, 2.24) is 10.3 Å². The number of nitrogens with one attached hydrogen (secondary N) is 1. The first-order valence-corrected chi connectivity index (χ1v) is 6.42. The van der Waals surface area contributed by atoms with Crippen LogP contribution in [0.15, 0.2) is 5.38 Å². The molecule has 0 bridgehead atoms. The van der Waals surface area contributed by atoms with E-state index in [9.17, 15) is 0 Å². The molecule has 15 heavy (non-hydrogen) atoms. The molecule has 0 saturated carbocycles. The Balaban J connectivity index is 1.97. The molecule has 0 spiro atoms. The first-order valence-electron chi connectivity index (χ1n) is 5.54. The number of ether oxygens (including phenoxy) is 1. The first-order chi connectivity index (χ1) is 7.33. The molecule has 1 saturated heterocycles. The smallest absolute Gasteiger partial charge is 0.0928 e. The van der Waals surface area contributed by atoms with Crippen molar-refractivity contribution in [3.05, 3.63) is 16.1 Å². The van der Waals surface area contributed by atoms with Crippen molar-refractivity contribution < 1.29 is 4.74 Å². The number of methoxy groups -OCH3 is 1. The molecule has 0 radical (unpaired) electrons. The van der Waals surface area contributed by atoms with Crippen molar-refractivity contribution >= 4 is 11.3 Å². The van der Waals surface area contributed by atoms with Gasteiger partial charge in [0.05, 0.1) is 22.8 Å². The summed E-state index contributed by atoms with van der Waals surface area (Å²) in [5.41, 5.74) is 1.20. The molecule has 3 nitrogen and oxygen atoms in total. The lowest BCUT2D eigenvalue weighted by molar-refractivity contribution is 0.117. The van der Waals surface area contributed by atoms with Gasteiger partial charge in [0, 0.05) is 19.0 Å². The largest absolute Gasteiger partial charge is 0.380 e. The molecule has 2 heterocycles. The van der Waals surface area contributed by atoms with E-state index in [0.717, 1.165) is 19.4 Å². The zero-order chi connectivity index (χ0) is 10.7. The van der Waals surface area contributed by atoms with E-state index in [1.165, 1.54) is 17.1 Å². The lowest BCUT2D eigenvalue weighted by atomic mass is 10.1. The number of thiazole rings is 1. The summed E-state index contributed by atoms with van der Waals surface area (Å²) in [6.07, 6.45) is 3.68. The Bertz CT molecular complexity index is 313. The van der Waals surface area contributed by atoms with E-state index < -0.39 is 0 Å². The van der Waals surface area contributed by atoms with Crippen molar-refractivity contribution in [2.24, 2.45) is 0 Å². The predicted octanol–water partition coefficient (Wildman–Crippen LogP) is 2.15. The van der Waals surface area contributed by atoms with Crippen molar-refractivity contribution in [3.8, 4) is 0 Å². The van der Waals surface area contributed by atoms with Gasteiger partial charge in [0.1, 0.15) is 0 Å². The summed E-state index contributed by atoms with van der Waals surface area (Å²) in [5.74, 6) is 0. The van der Waals surface area contributed by atoms with Gasteiger partial charge in [-0.2, -0.15) is 0 Å². The third-order valence-electron chi connectivity index (χ3n) is 2.81. The van der Waals surface area contributed by atoms with Crippen molar-refractivity contribution in [1.29, 1.82) is 0 Å². The summed E-state index contributed by atoms with van der Waals surface area (Å²) in [7, 11) is 1.78. The van der Waals surface area contributed by atoms with Gasteiger partial charge in [0.2, 0.25) is 0 Å². The fraction of sp³-hybridized carbons (Fsp3) is 0.727. The van der Waals surface area contributed by atoms with Gasteiger partial charge in [-0.3, -0.25) is 0 Å². The highest BCUT2D eigenvalue weighted by atomic mass is 32.1. The quantitative estimate of drug-likeness (QED) is 0.854. The number of rotatable bonds is 4. The van der Waals surface area contributed by atoms with Gasteiger partial charge in [-0.1, -0.05) is 6.92 Å². The van der Waals surface area contributed by atoms with E-state index in [1.54, 1.807) is 18.4 Å². The average molecular weight is 226 g/mol. The van der Waals surface area contributed by atoms with E-state index in [4.69, 9.17) is 4.74 Å². The number of nitrogens with zero attached hydrogens (tertiary/aromatic N) is 1. The molecular formula is C11H18N2OS. The third kappa shape index (κ3) is 2.56. The van der Waals surface area contributed by atoms with Crippen molar-refractivity contribution in [2.45, 2.75) is 38.3 Å². The maximum Gasteiger partial charge on any atom is 0.0928 e. The van der Waals surface area contributed by atoms with Crippen LogP contribution >= 0.6 is 11.3 Å². The fourth-order valence-corrected chi connectivity index (χ4v) is 2.88. The first kappa shape index (κ1) is 11.0. The highest BCUT2D eigenvalue weighted by Crippen LogP contribution is 2.26. The maximum absolute atomic E-state index is 5.33. The van der Waals surface area contributed by atoms with Crippen LogP contribution in [0.2, 0.25) is 0 Å². The minimum absolute atomic E-state index is 0.353. The molecule has 0 amide bonds. The lowest BCUT2D eigenvalue weighted by Gasteiger charge is -2.06. The molecule has 2 rings (SSSR count). The summed E-state index contributed by atoms with van der Waals surface area (Å²) in [5, 5.41) is 6.89. The Labute approximate surface area is 94.9 Å². The Kier molecular flexibility index (Phi) is 3.72. The third-order valence-corrected chi connectivity index (χ3v) is 3.74. The molecule has 2 unspecified atom stereocenters. The zero-order valence-corrected chi connectivity index (χ0v) is 10.1. The lowest BCUT2D eigenvalue weighted by Crippen LogP contribution is -2.16. The molecule has 0 aromatic carbocycles. The standard InChI is InChI=1S/C11H18N2OS/c1-3-4-11-13-10(7-15-11)9-5-8(14-2)6-12-9/h7-9,12H,3-6H2,1-2H3. The van der Waals surface area contributed by atoms with Crippen LogP contribution in [0.4, 0.5) is 0 Å². The topological polar surface area (TPSA) is 34.1 Å². The van der Waals surface area contributed by atoms with Crippen LogP contribution in [0, 0.1) is 0 Å². The van der Waals surface area contributed by atoms with Crippen molar-refractivity contribution in [2.75, 3.05) is 13.7 Å². The predicted molar refractivity (Wildman–Crippen MR) is 62.3 cm³/mol. The van der Waals surface area contributed by atoms with Crippen LogP contribution in [0.1, 0.15) is 36.5 Å². The van der Waals surface area contributed by atoms with Gasteiger partial charge >= 0.3 is 0 Å². The number of hydrogen-bond donors (Lipinski definition) is 1. The van der Waals surface area contributed by atoms with E-state index >= 15 is 0 Å². The van der Waals surface area contributed by atoms with Gasteiger partial charge in [0.25, 0.3) is 0 Å². The number of aryl methyl sites for hydroxylation is 1. The molecule has 1 fully saturated rings. The van der Waals surface area contributed by atoms with Gasteiger partial charge in [0.15, 0.2) is 0 Å². The summed E-state index contributed by atoms with van der Waals surface area (Å²) < 4.78 is 5.33. The molecule has 0 aliphatic carbocycles. The summed E-state index contributed by atoms with van der Waals surface area (Å²) in [6, 6.07) is 0.400. The number of aromatic nitrogens is 1. The van der Waals surface area contributed by atoms with Gasteiger partial charge in [-0.25, -0.2) is 4.98 Å². The average Bonchev–Trinajstić information content (AvgIpc) is 2.85. The Hall–Kier alpha value is -0.450. The molecule has 1 aromatic rings. The molecular weight excluding hydrogens is 208 g/mol. The molecule has 1 aromatic heterocycles. The normalized spacial score (nSPS) is 26.0. The highest BCUT2D eigenvalue weighted by Gasteiger charge is 2.26. The molecule has 1 aliphatic heterocycles. The molecule has 4 heteroatoms. The maximum atomic E-state index is 5.33. The van der Waals surface area contributed by atoms with Crippen LogP contribution < -0.4 is 5.32 Å². The molecule has 2 atom stereocenters. The Morgan fingerprint density at radius 1 is 1.67 bits per heavy atom. The van der Waals surface area contributed by atoms with Gasteiger partial charge in [-0.05, 0) is 19.3 Å². The molecule has 1 aliphatic rings. The fourth-order valence-electron chi connectivity index (χ4n) is 1.92. The molecule has 84 valence electrons. The number of hydrogen-bond acceptors (Lipinski definition) is 4. The van der Waals surface area contributed by atoms with Crippen LogP contribution in [0.5, 0.6) is 0 Å². The highest BCUT2D eigenvalue weighted by molar-refractivity contribution is 7.09. The van der Waals surface area contributed by atoms with E-state index in [0.29, 0.717) is 12.1 Å². The summed E-state index contributed by atoms with van der Waals surface area (Å²) in [4.78, 5) is 4.65. The van der Waals surface area contributed by atoms with E-state index in [2.05, 4.69) is 22.6 Å². The Morgan fingerprint density at radius 2 is 2.53 bits per heavy atom. The minimum atomic E-state index is 0.353. The van der Waals surface area contributed by atoms with Crippen LogP contribution in [0.25, 0.3) is 0 Å². The summed E-state index contributed by atoms with van der Waals surface area (Å²) in [6.45, 7) is 3.14. The second kappa shape index (κ2) is 5.05. The SMILES string of the molecule is CCCc1nc(C2CC(OC)CN2)cs1. The molecule has 1 N–H and O–H groups in total. The Morgan fingerprint density at radius 3 is 3.20 bits per heavy atom. The van der Waals surface area contributed by atoms with Gasteiger partial charge in [-0.15, -0.1) is 11.3 Å². The zero-order valence-electron chi connectivity index (χ0n) is 9.32. The monoisotopic (exact) mass is 226 g/mol. The van der Waals surface area contributed by atoms with Crippen LogP contribution in [0.3, 0.4) is 0 Å². The van der Waals surface area contributed by atoms with Gasteiger partial charge < -0.3 is 10.1 Å². The van der Waals surface area contributed by atoms with Crippen LogP contribution in [-0.2, 0) is 11.2 Å².